The van der Waals surface area contributed by atoms with Gasteiger partial charge in [0.1, 0.15) is 0 Å². The molecule has 0 bridgehead atoms. The average Bonchev–Trinajstić information content (AvgIpc) is 1.61. The van der Waals surface area contributed by atoms with Gasteiger partial charge in [-0.1, -0.05) is 6.42 Å². The van der Waals surface area contributed by atoms with Crippen LogP contribution in [0.4, 0.5) is 0 Å². The van der Waals surface area contributed by atoms with E-state index >= 15 is 0 Å². The molecule has 0 aromatic heterocycles. The van der Waals surface area contributed by atoms with Gasteiger partial charge in [0, 0.05) is 0 Å². The van der Waals surface area contributed by atoms with E-state index in [4.69, 9.17) is 24.4 Å². The average molecular weight is 194 g/mol. The number of phosphoric acid groups is 1. The third-order valence-electron chi connectivity index (χ3n) is 0.214. The molecule has 8 heteroatoms. The zero-order valence-corrected chi connectivity index (χ0v) is 8.86. The fraction of sp³-hybridized carbons (Fsp3) is 0.333. The number of carboxylic acids is 1. The van der Waals surface area contributed by atoms with E-state index in [9.17, 15) is 4.79 Å². The van der Waals surface area contributed by atoms with Gasteiger partial charge >= 0.3 is 37.4 Å². The molecule has 0 atom stereocenters. The van der Waals surface area contributed by atoms with Gasteiger partial charge in [0.15, 0.2) is 0 Å². The van der Waals surface area contributed by atoms with Crippen molar-refractivity contribution in [2.45, 2.75) is 6.42 Å². The second kappa shape index (κ2) is 8.67. The Bertz CT molecular complexity index is 132. The summed E-state index contributed by atoms with van der Waals surface area (Å²) in [6, 6.07) is 0. The van der Waals surface area contributed by atoms with Crippen LogP contribution in [-0.2, 0) is 9.36 Å². The molecule has 0 saturated heterocycles. The predicted molar refractivity (Wildman–Crippen MR) is 31.9 cm³/mol. The van der Waals surface area contributed by atoms with Gasteiger partial charge in [-0.3, -0.25) is 4.79 Å². The molecule has 6 nitrogen and oxygen atoms in total. The van der Waals surface area contributed by atoms with Gasteiger partial charge in [-0.15, -0.1) is 0 Å². The molecule has 0 fully saturated rings. The third-order valence-corrected chi connectivity index (χ3v) is 0.214. The van der Waals surface area contributed by atoms with Crippen molar-refractivity contribution in [2.24, 2.45) is 0 Å². The number of hydrogen-bond donors (Lipinski definition) is 4. The van der Waals surface area contributed by atoms with E-state index in [1.54, 1.807) is 0 Å². The van der Waals surface area contributed by atoms with Crippen LogP contribution in [0.15, 0.2) is 0 Å². The molecule has 0 aromatic carbocycles. The number of aliphatic carboxylic acids is 1. The van der Waals surface area contributed by atoms with Crippen molar-refractivity contribution in [3.63, 3.8) is 0 Å². The van der Waals surface area contributed by atoms with Crippen molar-refractivity contribution in [2.75, 3.05) is 0 Å². The summed E-state index contributed by atoms with van der Waals surface area (Å²) < 4.78 is 8.88. The quantitative estimate of drug-likeness (QED) is 0.194. The Morgan fingerprint density at radius 2 is 1.45 bits per heavy atom. The molecule has 4 N–H and O–H groups in total. The third kappa shape index (κ3) is 117. The van der Waals surface area contributed by atoms with E-state index in [-0.39, 0.29) is 36.0 Å². The Kier molecular flexibility index (Phi) is 13.9. The van der Waals surface area contributed by atoms with E-state index < -0.39 is 13.8 Å². The van der Waals surface area contributed by atoms with Gasteiger partial charge < -0.3 is 26.7 Å². The summed E-state index contributed by atoms with van der Waals surface area (Å²) in [5.74, 6) is -0.856. The molecule has 0 saturated carbocycles. The Morgan fingerprint density at radius 1 is 1.36 bits per heavy atom. The Balaban J connectivity index is -0.000000107. The van der Waals surface area contributed by atoms with E-state index in [1.165, 1.54) is 0 Å². The smallest absolute Gasteiger partial charge is 0.483 e. The zero-order chi connectivity index (χ0) is 8.78. The minimum absolute atomic E-state index is 0. The molecule has 0 radical (unpaired) electrons. The summed E-state index contributed by atoms with van der Waals surface area (Å²) >= 11 is 0. The van der Waals surface area contributed by atoms with E-state index in [1.807, 2.05) is 0 Å². The molecule has 0 aromatic rings. The molecule has 62 valence electrons. The maximum absolute atomic E-state index is 9.31. The van der Waals surface area contributed by atoms with Gasteiger partial charge in [-0.2, -0.15) is 0 Å². The molecule has 0 unspecified atom stereocenters. The fourth-order valence-corrected chi connectivity index (χ4v) is 0. The van der Waals surface area contributed by atoms with Crippen LogP contribution < -0.4 is 29.6 Å². The first-order valence-corrected chi connectivity index (χ1v) is 3.63. The van der Waals surface area contributed by atoms with Crippen LogP contribution in [0.25, 0.3) is 0 Å². The first-order valence-electron chi connectivity index (χ1n) is 2.06. The van der Waals surface area contributed by atoms with Crippen LogP contribution in [0.5, 0.6) is 0 Å². The first-order chi connectivity index (χ1) is 4.27. The molecule has 0 amide bonds. The number of rotatable bonds is 1. The van der Waals surface area contributed by atoms with Crippen molar-refractivity contribution in [3.05, 3.63) is 6.92 Å². The summed E-state index contributed by atoms with van der Waals surface area (Å²) in [6.45, 7) is 3.09. The monoisotopic (exact) mass is 194 g/mol. The van der Waals surface area contributed by atoms with Crippen LogP contribution in [-0.4, -0.2) is 25.8 Å². The Morgan fingerprint density at radius 3 is 1.45 bits per heavy atom. The van der Waals surface area contributed by atoms with Crippen LogP contribution in [0.2, 0.25) is 0 Å². The van der Waals surface area contributed by atoms with E-state index in [2.05, 4.69) is 6.92 Å². The summed E-state index contributed by atoms with van der Waals surface area (Å²) in [5.41, 5.74) is 0. The van der Waals surface area contributed by atoms with Crippen LogP contribution in [0.3, 0.4) is 0 Å². The first kappa shape index (κ1) is 17.6. The molecule has 11 heavy (non-hydrogen) atoms. The second-order valence-electron chi connectivity index (χ2n) is 1.16. The molecule has 0 aliphatic rings. The molecule has 0 rings (SSSR count). The molecule has 0 aliphatic heterocycles. The van der Waals surface area contributed by atoms with Gasteiger partial charge in [0.05, 0.1) is 0 Å². The van der Waals surface area contributed by atoms with E-state index in [0.717, 1.165) is 0 Å². The number of carbonyl (C=O) groups is 1. The SMILES string of the molecule is O=P(O)(O)O.[CH2-]CC(=O)O.[Na+]. The van der Waals surface area contributed by atoms with Gasteiger partial charge in [-0.25, -0.2) is 4.57 Å². The van der Waals surface area contributed by atoms with Gasteiger partial charge in [-0.05, 0) is 0 Å². The normalized spacial score (nSPS) is 8.73. The van der Waals surface area contributed by atoms with Crippen molar-refractivity contribution < 1.29 is 58.7 Å². The second-order valence-corrected chi connectivity index (χ2v) is 2.18. The molecule has 0 heterocycles. The van der Waals surface area contributed by atoms with Crippen molar-refractivity contribution >= 4 is 13.8 Å². The van der Waals surface area contributed by atoms with Crippen LogP contribution in [0, 0.1) is 6.92 Å². The number of carboxylic acid groups (broad SMARTS) is 1. The van der Waals surface area contributed by atoms with Gasteiger partial charge in [0.25, 0.3) is 5.97 Å². The molecule has 0 spiro atoms. The van der Waals surface area contributed by atoms with E-state index in [0.29, 0.717) is 0 Å². The van der Waals surface area contributed by atoms with Crippen molar-refractivity contribution in [3.8, 4) is 0 Å². The molecule has 0 aliphatic carbocycles. The summed E-state index contributed by atoms with van der Waals surface area (Å²) in [7, 11) is -4.64. The molecular weight excluding hydrogens is 186 g/mol. The standard InChI is InChI=1S/C3H5O2.Na.H3O4P/c1-2-3(4)5;;1-5(2,3)4/h1-2H2,(H,4,5);;(H3,1,2,3,4)/q-1;+1;. The zero-order valence-electron chi connectivity index (χ0n) is 5.97. The maximum atomic E-state index is 9.31. The molecular formula is C3H8NaO6P. The topological polar surface area (TPSA) is 115 Å². The largest absolute Gasteiger partial charge is 1.00 e. The minimum atomic E-state index is -4.64. The van der Waals surface area contributed by atoms with Crippen molar-refractivity contribution in [1.82, 2.24) is 0 Å². The van der Waals surface area contributed by atoms with Crippen LogP contribution in [0.1, 0.15) is 6.42 Å². The minimum Gasteiger partial charge on any atom is -0.483 e. The summed E-state index contributed by atoms with van der Waals surface area (Å²) in [4.78, 5) is 30.9. The summed E-state index contributed by atoms with van der Waals surface area (Å²) in [5, 5.41) is 7.66. The predicted octanol–water partition coefficient (Wildman–Crippen LogP) is -3.63. The maximum Gasteiger partial charge on any atom is 1.00 e. The Hall–Kier alpha value is 0.580. The van der Waals surface area contributed by atoms with Crippen molar-refractivity contribution in [1.29, 1.82) is 0 Å². The Labute approximate surface area is 85.8 Å². The number of hydrogen-bond acceptors (Lipinski definition) is 2. The van der Waals surface area contributed by atoms with Crippen LogP contribution >= 0.6 is 7.82 Å². The summed E-state index contributed by atoms with van der Waals surface area (Å²) in [6.07, 6.45) is -0.0278. The fourth-order valence-electron chi connectivity index (χ4n) is 0. The van der Waals surface area contributed by atoms with Gasteiger partial charge in [0.2, 0.25) is 0 Å².